The molecule has 0 spiro atoms. The Bertz CT molecular complexity index is 1260. The van der Waals surface area contributed by atoms with Gasteiger partial charge in [0.2, 0.25) is 0 Å². The molecule has 0 fully saturated rings. The summed E-state index contributed by atoms with van der Waals surface area (Å²) in [5.74, 6) is -0.725. The van der Waals surface area contributed by atoms with Crippen LogP contribution in [-0.4, -0.2) is 52.8 Å². The van der Waals surface area contributed by atoms with Crippen molar-refractivity contribution < 1.29 is 31.1 Å². The van der Waals surface area contributed by atoms with Gasteiger partial charge in [-0.05, 0) is 34.3 Å². The Morgan fingerprint density at radius 1 is 1.28 bits per heavy atom. The first-order valence-corrected chi connectivity index (χ1v) is 13.4. The van der Waals surface area contributed by atoms with E-state index < -0.39 is 38.7 Å². The lowest BCUT2D eigenvalue weighted by molar-refractivity contribution is -0.145. The molecule has 0 aliphatic heterocycles. The lowest BCUT2D eigenvalue weighted by Crippen LogP contribution is -2.16. The van der Waals surface area contributed by atoms with Crippen molar-refractivity contribution in [3.05, 3.63) is 34.4 Å². The Balaban J connectivity index is 2.05. The van der Waals surface area contributed by atoms with Gasteiger partial charge in [0.05, 0.1) is 9.37 Å². The highest BCUT2D eigenvalue weighted by atomic mass is 79.9. The van der Waals surface area contributed by atoms with E-state index in [0.717, 1.165) is 22.3 Å². The van der Waals surface area contributed by atoms with E-state index in [-0.39, 0.29) is 26.5 Å². The van der Waals surface area contributed by atoms with Gasteiger partial charge in [-0.1, -0.05) is 23.5 Å². The number of aromatic nitrogens is 4. The van der Waals surface area contributed by atoms with Crippen molar-refractivity contribution in [3.63, 3.8) is 0 Å². The van der Waals surface area contributed by atoms with Gasteiger partial charge in [-0.15, -0.1) is 22.0 Å². The first-order valence-electron chi connectivity index (χ1n) is 8.54. The van der Waals surface area contributed by atoms with Crippen LogP contribution in [0.3, 0.4) is 0 Å². The maximum Gasteiger partial charge on any atom is 0.436 e. The second-order valence-corrected chi connectivity index (χ2v) is 10.9. The molecule has 0 unspecified atom stereocenters. The van der Waals surface area contributed by atoms with Gasteiger partial charge in [-0.2, -0.15) is 18.3 Å². The molecule has 2 heterocycles. The second-order valence-electron chi connectivity index (χ2n) is 6.30. The first-order chi connectivity index (χ1) is 14.9. The highest BCUT2D eigenvalue weighted by molar-refractivity contribution is 9.10. The number of esters is 1. The number of sulfone groups is 1. The Morgan fingerprint density at radius 2 is 1.97 bits per heavy atom. The quantitative estimate of drug-likeness (QED) is 0.308. The highest BCUT2D eigenvalue weighted by Crippen LogP contribution is 2.41. The van der Waals surface area contributed by atoms with Gasteiger partial charge in [0.15, 0.2) is 20.5 Å². The Morgan fingerprint density at radius 3 is 2.59 bits per heavy atom. The summed E-state index contributed by atoms with van der Waals surface area (Å²) >= 11 is 5.08. The van der Waals surface area contributed by atoms with Gasteiger partial charge in [0, 0.05) is 11.8 Å². The zero-order valence-corrected chi connectivity index (χ0v) is 20.4. The van der Waals surface area contributed by atoms with Gasteiger partial charge >= 0.3 is 12.1 Å². The number of rotatable bonds is 7. The maximum atomic E-state index is 13.4. The molecule has 2 aromatic heterocycles. The maximum absolute atomic E-state index is 13.4. The third-order valence-corrected chi connectivity index (χ3v) is 7.11. The number of hydrogen-bond donors (Lipinski definition) is 0. The van der Waals surface area contributed by atoms with Crippen LogP contribution in [0.5, 0.6) is 0 Å². The largest absolute Gasteiger partial charge is 0.453 e. The Kier molecular flexibility index (Phi) is 7.31. The fourth-order valence-electron chi connectivity index (χ4n) is 2.53. The molecule has 0 atom stereocenters. The molecule has 0 bridgehead atoms. The van der Waals surface area contributed by atoms with Gasteiger partial charge < -0.3 is 4.74 Å². The molecule has 8 nitrogen and oxygen atoms in total. The van der Waals surface area contributed by atoms with Crippen LogP contribution in [-0.2, 0) is 32.1 Å². The average Bonchev–Trinajstić information content (AvgIpc) is 3.30. The molecule has 32 heavy (non-hydrogen) atoms. The van der Waals surface area contributed by atoms with E-state index in [1.54, 1.807) is 12.3 Å². The lowest BCUT2D eigenvalue weighted by atomic mass is 10.2. The van der Waals surface area contributed by atoms with Gasteiger partial charge in [-0.25, -0.2) is 13.1 Å². The molecular formula is C17H14BrF3N4O4S3. The van der Waals surface area contributed by atoms with Crippen molar-refractivity contribution in [2.24, 2.45) is 0 Å². The molecule has 3 aromatic rings. The van der Waals surface area contributed by atoms with E-state index >= 15 is 0 Å². The molecule has 0 saturated heterocycles. The monoisotopic (exact) mass is 570 g/mol. The number of carbonyl (C=O) groups is 1. The summed E-state index contributed by atoms with van der Waals surface area (Å²) in [6, 6.07) is 5.94. The van der Waals surface area contributed by atoms with E-state index in [4.69, 9.17) is 4.74 Å². The van der Waals surface area contributed by atoms with Crippen molar-refractivity contribution in [1.29, 1.82) is 0 Å². The van der Waals surface area contributed by atoms with Crippen LogP contribution in [0, 0.1) is 0 Å². The molecule has 1 aromatic carbocycles. The summed E-state index contributed by atoms with van der Waals surface area (Å²) in [5, 5.41) is 11.8. The molecule has 0 N–H and O–H groups in total. The van der Waals surface area contributed by atoms with Crippen LogP contribution in [0.2, 0.25) is 0 Å². The smallest absolute Gasteiger partial charge is 0.436 e. The van der Waals surface area contributed by atoms with E-state index in [1.807, 2.05) is 0 Å². The number of hydrogen-bond acceptors (Lipinski definition) is 9. The van der Waals surface area contributed by atoms with Gasteiger partial charge in [0.1, 0.15) is 23.2 Å². The molecule has 0 aliphatic carbocycles. The van der Waals surface area contributed by atoms with Crippen LogP contribution in [0.25, 0.3) is 21.3 Å². The molecule has 0 radical (unpaired) electrons. The summed E-state index contributed by atoms with van der Waals surface area (Å²) < 4.78 is 69.2. The second kappa shape index (κ2) is 9.49. The Labute approximate surface area is 197 Å². The minimum atomic E-state index is -4.78. The van der Waals surface area contributed by atoms with Crippen LogP contribution >= 0.6 is 39.0 Å². The predicted octanol–water partition coefficient (Wildman–Crippen LogP) is 4.12. The molecule has 0 aliphatic rings. The van der Waals surface area contributed by atoms with E-state index in [2.05, 4.69) is 31.2 Å². The molecule has 172 valence electrons. The number of carbonyl (C=O) groups excluding carboxylic acids is 1. The van der Waals surface area contributed by atoms with Gasteiger partial charge in [0.25, 0.3) is 0 Å². The minimum absolute atomic E-state index is 0.0440. The summed E-state index contributed by atoms with van der Waals surface area (Å²) in [7, 11) is -3.47. The number of thioether (sulfide) groups is 1. The standard InChI is InChI=1S/C17H14BrF3N4O4S3/c1-30-8-29-11(26)7-25-13(12(18)14(24-25)17(19,20)21)16-23-22-15(31-16)9-4-3-5-10(6-9)32(2,27)28/h3-6H,7-8H2,1-2H3. The van der Waals surface area contributed by atoms with Crippen molar-refractivity contribution in [2.75, 3.05) is 18.5 Å². The molecule has 3 rings (SSSR count). The zero-order valence-electron chi connectivity index (χ0n) is 16.4. The topological polar surface area (TPSA) is 104 Å². The van der Waals surface area contributed by atoms with E-state index in [1.165, 1.54) is 30.0 Å². The van der Waals surface area contributed by atoms with Crippen molar-refractivity contribution in [1.82, 2.24) is 20.0 Å². The lowest BCUT2D eigenvalue weighted by Gasteiger charge is -2.05. The summed E-state index contributed by atoms with van der Waals surface area (Å²) in [4.78, 5) is 12.1. The molecule has 0 saturated carbocycles. The Hall–Kier alpha value is -1.97. The van der Waals surface area contributed by atoms with Crippen molar-refractivity contribution in [2.45, 2.75) is 17.6 Å². The van der Waals surface area contributed by atoms with Crippen LogP contribution in [0.1, 0.15) is 5.69 Å². The van der Waals surface area contributed by atoms with Crippen LogP contribution < -0.4 is 0 Å². The number of alkyl halides is 3. The van der Waals surface area contributed by atoms with Crippen LogP contribution in [0.15, 0.2) is 33.6 Å². The normalized spacial score (nSPS) is 12.2. The average molecular weight is 571 g/mol. The fourth-order valence-corrected chi connectivity index (χ4v) is 5.17. The van der Waals surface area contributed by atoms with Crippen LogP contribution in [0.4, 0.5) is 13.2 Å². The number of nitrogens with zero attached hydrogens (tertiary/aromatic N) is 4. The molecular weight excluding hydrogens is 557 g/mol. The number of ether oxygens (including phenoxy) is 1. The molecule has 15 heteroatoms. The summed E-state index contributed by atoms with van der Waals surface area (Å²) in [5.41, 5.74) is -0.892. The number of benzene rings is 1. The van der Waals surface area contributed by atoms with Gasteiger partial charge in [-0.3, -0.25) is 4.79 Å². The van der Waals surface area contributed by atoms with E-state index in [9.17, 15) is 26.4 Å². The summed E-state index contributed by atoms with van der Waals surface area (Å²) in [6.45, 7) is -0.566. The molecule has 0 amide bonds. The fraction of sp³-hybridized carbons (Fsp3) is 0.294. The zero-order chi connectivity index (χ0) is 23.7. The number of halogens is 4. The first kappa shape index (κ1) is 24.7. The minimum Gasteiger partial charge on any atom is -0.453 e. The summed E-state index contributed by atoms with van der Waals surface area (Å²) in [6.07, 6.45) is -2.02. The van der Waals surface area contributed by atoms with Crippen molar-refractivity contribution in [3.8, 4) is 21.3 Å². The SMILES string of the molecule is CSCOC(=O)Cn1nc(C(F)(F)F)c(Br)c1-c1nnc(-c2cccc(S(C)(=O)=O)c2)s1. The third-order valence-electron chi connectivity index (χ3n) is 3.92. The highest BCUT2D eigenvalue weighted by Gasteiger charge is 2.39. The third kappa shape index (κ3) is 5.50. The van der Waals surface area contributed by atoms with E-state index in [0.29, 0.717) is 5.56 Å². The van der Waals surface area contributed by atoms with Crippen molar-refractivity contribution >= 4 is 54.8 Å². The predicted molar refractivity (Wildman–Crippen MR) is 117 cm³/mol.